The first kappa shape index (κ1) is 13.7. The van der Waals surface area contributed by atoms with Gasteiger partial charge in [-0.05, 0) is 18.9 Å². The minimum atomic E-state index is -0.249. The van der Waals surface area contributed by atoms with Gasteiger partial charge in [0.2, 0.25) is 0 Å². The van der Waals surface area contributed by atoms with Crippen LogP contribution in [0.15, 0.2) is 24.3 Å². The molecule has 4 nitrogen and oxygen atoms in total. The molecule has 1 saturated carbocycles. The third-order valence-electron chi connectivity index (χ3n) is 4.15. The van der Waals surface area contributed by atoms with E-state index in [1.807, 2.05) is 0 Å². The Labute approximate surface area is 123 Å². The normalized spacial score (nSPS) is 15.8. The molecule has 21 heavy (non-hydrogen) atoms. The lowest BCUT2D eigenvalue weighted by molar-refractivity contribution is 0.417. The van der Waals surface area contributed by atoms with E-state index < -0.39 is 0 Å². The maximum atomic E-state index is 13.8. The van der Waals surface area contributed by atoms with Gasteiger partial charge in [-0.3, -0.25) is 0 Å². The summed E-state index contributed by atoms with van der Waals surface area (Å²) in [4.78, 5) is 0. The second-order valence-electron chi connectivity index (χ2n) is 5.52. The summed E-state index contributed by atoms with van der Waals surface area (Å²) < 4.78 is 15.5. The van der Waals surface area contributed by atoms with Gasteiger partial charge in [-0.2, -0.15) is 5.26 Å². The highest BCUT2D eigenvalue weighted by Crippen LogP contribution is 2.33. The maximum Gasteiger partial charge on any atom is 0.186 e. The van der Waals surface area contributed by atoms with Crippen LogP contribution in [0, 0.1) is 17.1 Å². The van der Waals surface area contributed by atoms with Gasteiger partial charge in [0, 0.05) is 11.5 Å². The van der Waals surface area contributed by atoms with Gasteiger partial charge < -0.3 is 0 Å². The number of benzene rings is 1. The van der Waals surface area contributed by atoms with Crippen molar-refractivity contribution in [3.8, 4) is 6.07 Å². The van der Waals surface area contributed by atoms with Crippen molar-refractivity contribution in [1.29, 1.82) is 5.26 Å². The molecule has 108 valence electrons. The largest absolute Gasteiger partial charge is 0.243 e. The lowest BCUT2D eigenvalue weighted by atomic mass is 9.86. The van der Waals surface area contributed by atoms with Crippen molar-refractivity contribution in [2.24, 2.45) is 0 Å². The van der Waals surface area contributed by atoms with Crippen LogP contribution in [-0.2, 0) is 6.54 Å². The van der Waals surface area contributed by atoms with Crippen molar-refractivity contribution >= 4 is 0 Å². The van der Waals surface area contributed by atoms with Gasteiger partial charge in [0.15, 0.2) is 5.69 Å². The van der Waals surface area contributed by atoms with E-state index >= 15 is 0 Å². The maximum absolute atomic E-state index is 13.8. The number of hydrogen-bond donors (Lipinski definition) is 0. The number of nitriles is 1. The van der Waals surface area contributed by atoms with E-state index in [4.69, 9.17) is 0 Å². The van der Waals surface area contributed by atoms with Crippen molar-refractivity contribution in [3.05, 3.63) is 47.0 Å². The highest BCUT2D eigenvalue weighted by molar-refractivity contribution is 5.29. The van der Waals surface area contributed by atoms with Crippen LogP contribution >= 0.6 is 0 Å². The Hall–Kier alpha value is -2.22. The lowest BCUT2D eigenvalue weighted by Crippen LogP contribution is -2.14. The van der Waals surface area contributed by atoms with Gasteiger partial charge in [-0.25, -0.2) is 9.07 Å². The molecule has 1 aromatic heterocycles. The first-order valence-electron chi connectivity index (χ1n) is 7.36. The second-order valence-corrected chi connectivity index (χ2v) is 5.52. The molecule has 5 heteroatoms. The van der Waals surface area contributed by atoms with Crippen LogP contribution < -0.4 is 0 Å². The van der Waals surface area contributed by atoms with E-state index in [0.717, 1.165) is 18.5 Å². The van der Waals surface area contributed by atoms with Crippen LogP contribution in [0.2, 0.25) is 0 Å². The third-order valence-corrected chi connectivity index (χ3v) is 4.15. The Morgan fingerprint density at radius 2 is 2.00 bits per heavy atom. The van der Waals surface area contributed by atoms with Crippen LogP contribution in [0.1, 0.15) is 55.0 Å². The summed E-state index contributed by atoms with van der Waals surface area (Å²) in [6.45, 7) is 0.327. The number of halogens is 1. The predicted octanol–water partition coefficient (Wildman–Crippen LogP) is 3.38. The molecule has 1 fully saturated rings. The monoisotopic (exact) mass is 284 g/mol. The van der Waals surface area contributed by atoms with E-state index in [1.54, 1.807) is 22.9 Å². The highest BCUT2D eigenvalue weighted by atomic mass is 19.1. The zero-order valence-electron chi connectivity index (χ0n) is 11.8. The summed E-state index contributed by atoms with van der Waals surface area (Å²) in [5, 5.41) is 17.3. The summed E-state index contributed by atoms with van der Waals surface area (Å²) in [5.41, 5.74) is 1.84. The smallest absolute Gasteiger partial charge is 0.186 e. The molecule has 0 unspecified atom stereocenters. The van der Waals surface area contributed by atoms with Crippen molar-refractivity contribution in [1.82, 2.24) is 15.0 Å². The Morgan fingerprint density at radius 3 is 2.71 bits per heavy atom. The molecule has 1 aliphatic carbocycles. The average Bonchev–Trinajstić information content (AvgIpc) is 2.93. The molecule has 0 amide bonds. The Kier molecular flexibility index (Phi) is 3.96. The fourth-order valence-electron chi connectivity index (χ4n) is 3.08. The molecular formula is C16H17FN4. The molecule has 1 heterocycles. The molecule has 0 N–H and O–H groups in total. The number of hydrogen-bond acceptors (Lipinski definition) is 3. The van der Waals surface area contributed by atoms with E-state index in [0.29, 0.717) is 23.7 Å². The van der Waals surface area contributed by atoms with E-state index in [2.05, 4.69) is 16.4 Å². The van der Waals surface area contributed by atoms with E-state index in [1.165, 1.54) is 25.3 Å². The SMILES string of the molecule is N#Cc1nnn(Cc2ccccc2F)c1C1CCCCC1. The summed E-state index contributed by atoms with van der Waals surface area (Å²) in [6, 6.07) is 8.79. The molecule has 1 aliphatic rings. The highest BCUT2D eigenvalue weighted by Gasteiger charge is 2.24. The number of aromatic nitrogens is 3. The number of rotatable bonds is 3. The minimum Gasteiger partial charge on any atom is -0.243 e. The van der Waals surface area contributed by atoms with Crippen LogP contribution in [0.4, 0.5) is 4.39 Å². The van der Waals surface area contributed by atoms with Crippen molar-refractivity contribution in [2.45, 2.75) is 44.6 Å². The zero-order chi connectivity index (χ0) is 14.7. The van der Waals surface area contributed by atoms with Gasteiger partial charge in [0.1, 0.15) is 11.9 Å². The van der Waals surface area contributed by atoms with Crippen molar-refractivity contribution in [2.75, 3.05) is 0 Å². The topological polar surface area (TPSA) is 54.5 Å². The first-order chi connectivity index (χ1) is 10.3. The number of nitrogens with zero attached hydrogens (tertiary/aromatic N) is 4. The molecule has 0 atom stereocenters. The second kappa shape index (κ2) is 6.04. The summed E-state index contributed by atoms with van der Waals surface area (Å²) >= 11 is 0. The zero-order valence-corrected chi connectivity index (χ0v) is 11.8. The first-order valence-corrected chi connectivity index (χ1v) is 7.36. The molecule has 0 aliphatic heterocycles. The molecular weight excluding hydrogens is 267 g/mol. The molecule has 3 rings (SSSR count). The summed E-state index contributed by atoms with van der Waals surface area (Å²) in [7, 11) is 0. The van der Waals surface area contributed by atoms with Gasteiger partial charge in [0.25, 0.3) is 0 Å². The van der Waals surface area contributed by atoms with Crippen LogP contribution in [0.25, 0.3) is 0 Å². The minimum absolute atomic E-state index is 0.249. The third kappa shape index (κ3) is 2.80. The molecule has 1 aromatic carbocycles. The molecule has 2 aromatic rings. The molecule has 0 spiro atoms. The van der Waals surface area contributed by atoms with Crippen molar-refractivity contribution in [3.63, 3.8) is 0 Å². The van der Waals surface area contributed by atoms with Gasteiger partial charge in [-0.1, -0.05) is 42.7 Å². The average molecular weight is 284 g/mol. The summed E-state index contributed by atoms with van der Waals surface area (Å²) in [5.74, 6) is 0.0660. The van der Waals surface area contributed by atoms with Crippen LogP contribution in [-0.4, -0.2) is 15.0 Å². The van der Waals surface area contributed by atoms with Crippen LogP contribution in [0.3, 0.4) is 0 Å². The van der Waals surface area contributed by atoms with Gasteiger partial charge in [-0.15, -0.1) is 5.10 Å². The van der Waals surface area contributed by atoms with Crippen LogP contribution in [0.5, 0.6) is 0 Å². The predicted molar refractivity (Wildman–Crippen MR) is 76.1 cm³/mol. The quantitative estimate of drug-likeness (QED) is 0.868. The standard InChI is InChI=1S/C16H17FN4/c17-14-9-5-4-8-13(14)11-21-16(15(10-18)19-20-21)12-6-2-1-3-7-12/h4-5,8-9,12H,1-3,6-7,11H2. The van der Waals surface area contributed by atoms with Gasteiger partial charge in [0.05, 0.1) is 12.2 Å². The summed E-state index contributed by atoms with van der Waals surface area (Å²) in [6.07, 6.45) is 5.69. The Bertz CT molecular complexity index is 665. The lowest BCUT2D eigenvalue weighted by Gasteiger charge is -2.22. The molecule has 0 saturated heterocycles. The van der Waals surface area contributed by atoms with E-state index in [-0.39, 0.29) is 5.82 Å². The van der Waals surface area contributed by atoms with Gasteiger partial charge >= 0.3 is 0 Å². The van der Waals surface area contributed by atoms with E-state index in [9.17, 15) is 9.65 Å². The fourth-order valence-corrected chi connectivity index (χ4v) is 3.08. The Balaban J connectivity index is 1.94. The Morgan fingerprint density at radius 1 is 1.24 bits per heavy atom. The molecule has 0 radical (unpaired) electrons. The molecule has 0 bridgehead atoms. The fraction of sp³-hybridized carbons (Fsp3) is 0.438. The van der Waals surface area contributed by atoms with Crippen molar-refractivity contribution < 1.29 is 4.39 Å².